The van der Waals surface area contributed by atoms with Crippen LogP contribution in [0.5, 0.6) is 0 Å². The van der Waals surface area contributed by atoms with E-state index in [9.17, 15) is 0 Å². The summed E-state index contributed by atoms with van der Waals surface area (Å²) >= 11 is 0. The number of hydrogen-bond acceptors (Lipinski definition) is 1. The molecule has 0 saturated carbocycles. The molecule has 0 amide bonds. The van der Waals surface area contributed by atoms with E-state index in [1.807, 2.05) is 12.3 Å². The average molecular weight is 802 g/mol. The first kappa shape index (κ1) is 36.9. The second kappa shape index (κ2) is 15.2. The average Bonchev–Trinajstić information content (AvgIpc) is 3.88. The quantitative estimate of drug-likeness (QED) is 0.156. The van der Waals surface area contributed by atoms with Crippen LogP contribution in [0.3, 0.4) is 0 Å². The van der Waals surface area contributed by atoms with Crippen LogP contribution < -0.4 is 0 Å². The Balaban J connectivity index is 0.930. The van der Waals surface area contributed by atoms with Gasteiger partial charge in [-0.15, -0.1) is 0 Å². The van der Waals surface area contributed by atoms with Gasteiger partial charge in [-0.2, -0.15) is 0 Å². The van der Waals surface area contributed by atoms with Crippen molar-refractivity contribution in [3.8, 4) is 89.1 Å². The molecule has 1 nitrogen and oxygen atoms in total. The van der Waals surface area contributed by atoms with E-state index < -0.39 is 0 Å². The monoisotopic (exact) mass is 801 g/mol. The number of fused-ring (bicyclic) bond motifs is 6. The molecule has 296 valence electrons. The largest absolute Gasteiger partial charge is 0.256 e. The molecule has 0 aliphatic heterocycles. The van der Waals surface area contributed by atoms with Crippen LogP contribution >= 0.6 is 0 Å². The minimum absolute atomic E-state index is 0.190. The lowest BCUT2D eigenvalue weighted by Gasteiger charge is -2.27. The number of hydrogen-bond donors (Lipinski definition) is 0. The molecule has 0 fully saturated rings. The first-order chi connectivity index (χ1) is 31.2. The summed E-state index contributed by atoms with van der Waals surface area (Å²) in [5, 5.41) is 0. The van der Waals surface area contributed by atoms with Crippen molar-refractivity contribution in [1.29, 1.82) is 0 Å². The molecule has 2 aliphatic rings. The lowest BCUT2D eigenvalue weighted by Crippen LogP contribution is -2.26. The summed E-state index contributed by atoms with van der Waals surface area (Å²) in [4.78, 5) is 4.72. The summed E-state index contributed by atoms with van der Waals surface area (Å²) < 4.78 is 0. The predicted octanol–water partition coefficient (Wildman–Crippen LogP) is 15.8. The zero-order valence-corrected chi connectivity index (χ0v) is 34.9. The summed E-state index contributed by atoms with van der Waals surface area (Å²) in [6.45, 7) is 0. The summed E-state index contributed by atoms with van der Waals surface area (Å²) in [6.07, 6.45) is 3.79. The molecular weight excluding hydrogens is 759 g/mol. The van der Waals surface area contributed by atoms with E-state index in [-0.39, 0.29) is 5.41 Å². The third kappa shape index (κ3) is 6.44. The van der Waals surface area contributed by atoms with Gasteiger partial charge in [0, 0.05) is 17.2 Å². The van der Waals surface area contributed by atoms with Crippen LogP contribution in [0.2, 0.25) is 0 Å². The molecule has 0 bridgehead atoms. The highest BCUT2D eigenvalue weighted by Gasteiger charge is 2.47. The minimum Gasteiger partial charge on any atom is -0.256 e. The molecule has 0 atom stereocenters. The van der Waals surface area contributed by atoms with Crippen molar-refractivity contribution in [3.05, 3.63) is 259 Å². The van der Waals surface area contributed by atoms with Gasteiger partial charge in [-0.05, 0) is 143 Å². The van der Waals surface area contributed by atoms with E-state index in [2.05, 4.69) is 224 Å². The van der Waals surface area contributed by atoms with Gasteiger partial charge < -0.3 is 0 Å². The standard InChI is InChI=1S/C62H43N/c1-3-13-44(14-4-1)53-17-7-9-19-55(53)46-26-22-42(23-27-46)48-32-34-57-58-35-33-49(43-24-28-47(29-25-43)56-20-10-8-18-54(56)45-15-5-2-6-16-45)39-60(58)62(59(57)38-48)40-51-31-30-50(37-52(51)41-62)61-21-11-12-36-63-61/h1-39H,40-41H2. The number of aromatic nitrogens is 1. The molecule has 1 heteroatoms. The van der Waals surface area contributed by atoms with Crippen molar-refractivity contribution in [2.45, 2.75) is 18.3 Å². The molecule has 9 aromatic carbocycles. The second-order valence-electron chi connectivity index (χ2n) is 17.1. The van der Waals surface area contributed by atoms with Crippen molar-refractivity contribution in [3.63, 3.8) is 0 Å². The Kier molecular flexibility index (Phi) is 8.94. The van der Waals surface area contributed by atoms with E-state index in [0.29, 0.717) is 0 Å². The van der Waals surface area contributed by atoms with Crippen LogP contribution in [0.15, 0.2) is 237 Å². The van der Waals surface area contributed by atoms with Gasteiger partial charge in [0.25, 0.3) is 0 Å². The summed E-state index contributed by atoms with van der Waals surface area (Å²) in [6, 6.07) is 84.8. The van der Waals surface area contributed by atoms with Gasteiger partial charge in [-0.25, -0.2) is 0 Å². The Labute approximate surface area is 369 Å². The Hall–Kier alpha value is -7.87. The van der Waals surface area contributed by atoms with Crippen LogP contribution in [0.1, 0.15) is 22.3 Å². The van der Waals surface area contributed by atoms with Crippen LogP contribution in [-0.4, -0.2) is 4.98 Å². The fraction of sp³-hybridized carbons (Fsp3) is 0.0484. The molecule has 12 rings (SSSR count). The lowest BCUT2D eigenvalue weighted by atomic mass is 9.74. The van der Waals surface area contributed by atoms with Gasteiger partial charge in [-0.3, -0.25) is 4.98 Å². The highest BCUT2D eigenvalue weighted by molar-refractivity contribution is 5.89. The fourth-order valence-corrected chi connectivity index (χ4v) is 10.5. The van der Waals surface area contributed by atoms with Crippen LogP contribution in [0, 0.1) is 0 Å². The maximum atomic E-state index is 4.72. The molecule has 2 aliphatic carbocycles. The molecular formula is C62H43N. The highest BCUT2D eigenvalue weighted by atomic mass is 14.7. The number of benzene rings is 9. The number of rotatable bonds is 7. The van der Waals surface area contributed by atoms with E-state index in [1.54, 1.807) is 0 Å². The van der Waals surface area contributed by atoms with E-state index in [4.69, 9.17) is 4.98 Å². The van der Waals surface area contributed by atoms with Gasteiger partial charge in [0.2, 0.25) is 0 Å². The summed E-state index contributed by atoms with van der Waals surface area (Å²) in [7, 11) is 0. The lowest BCUT2D eigenvalue weighted by molar-refractivity contribution is 0.564. The Morgan fingerprint density at radius 2 is 0.667 bits per heavy atom. The Morgan fingerprint density at radius 1 is 0.270 bits per heavy atom. The third-order valence-corrected chi connectivity index (χ3v) is 13.6. The first-order valence-electron chi connectivity index (χ1n) is 22.0. The maximum absolute atomic E-state index is 4.72. The van der Waals surface area contributed by atoms with Gasteiger partial charge in [0.15, 0.2) is 0 Å². The predicted molar refractivity (Wildman–Crippen MR) is 262 cm³/mol. The molecule has 0 saturated heterocycles. The molecule has 1 aromatic heterocycles. The van der Waals surface area contributed by atoms with Gasteiger partial charge >= 0.3 is 0 Å². The van der Waals surface area contributed by atoms with Crippen molar-refractivity contribution >= 4 is 0 Å². The molecule has 10 aromatic rings. The van der Waals surface area contributed by atoms with Crippen molar-refractivity contribution < 1.29 is 0 Å². The topological polar surface area (TPSA) is 12.9 Å². The zero-order valence-electron chi connectivity index (χ0n) is 34.9. The van der Waals surface area contributed by atoms with E-state index in [0.717, 1.165) is 18.5 Å². The van der Waals surface area contributed by atoms with Crippen molar-refractivity contribution in [2.24, 2.45) is 0 Å². The first-order valence-corrected chi connectivity index (χ1v) is 22.0. The van der Waals surface area contributed by atoms with Crippen LogP contribution in [-0.2, 0) is 18.3 Å². The van der Waals surface area contributed by atoms with E-state index >= 15 is 0 Å². The maximum Gasteiger partial charge on any atom is 0.0702 e. The summed E-state index contributed by atoms with van der Waals surface area (Å²) in [5.74, 6) is 0. The fourth-order valence-electron chi connectivity index (χ4n) is 10.5. The Morgan fingerprint density at radius 3 is 1.14 bits per heavy atom. The van der Waals surface area contributed by atoms with Crippen LogP contribution in [0.25, 0.3) is 89.1 Å². The molecule has 1 heterocycles. The smallest absolute Gasteiger partial charge is 0.0702 e. The van der Waals surface area contributed by atoms with Crippen molar-refractivity contribution in [2.75, 3.05) is 0 Å². The van der Waals surface area contributed by atoms with Crippen LogP contribution in [0.4, 0.5) is 0 Å². The highest BCUT2D eigenvalue weighted by Crippen LogP contribution is 2.57. The minimum atomic E-state index is -0.190. The number of nitrogens with zero attached hydrogens (tertiary/aromatic N) is 1. The van der Waals surface area contributed by atoms with E-state index in [1.165, 1.54) is 106 Å². The molecule has 0 N–H and O–H groups in total. The van der Waals surface area contributed by atoms with Gasteiger partial charge in [0.1, 0.15) is 0 Å². The molecule has 63 heavy (non-hydrogen) atoms. The third-order valence-electron chi connectivity index (χ3n) is 13.6. The normalized spacial score (nSPS) is 13.1. The molecule has 0 radical (unpaired) electrons. The molecule has 0 unspecified atom stereocenters. The SMILES string of the molecule is c1ccc(-c2ccccc2-c2ccc(-c3ccc4c(c3)C3(Cc5ccc(-c6ccccn6)cc5C3)c3cc(-c5ccc(-c6ccccc6-c6ccccc6)cc5)ccc3-4)cc2)cc1. The number of pyridine rings is 1. The molecule has 1 spiro atoms. The Bertz CT molecular complexity index is 3120. The zero-order chi connectivity index (χ0) is 41.7. The summed E-state index contributed by atoms with van der Waals surface area (Å²) in [5.41, 5.74) is 25.2. The van der Waals surface area contributed by atoms with Crippen molar-refractivity contribution in [1.82, 2.24) is 4.98 Å². The second-order valence-corrected chi connectivity index (χ2v) is 17.1. The van der Waals surface area contributed by atoms with Gasteiger partial charge in [0.05, 0.1) is 5.69 Å². The van der Waals surface area contributed by atoms with Gasteiger partial charge in [-0.1, -0.05) is 200 Å².